The molecule has 5 heteroatoms. The molecule has 0 saturated carbocycles. The lowest BCUT2D eigenvalue weighted by Crippen LogP contribution is -2.33. The molecule has 0 aliphatic carbocycles. The van der Waals surface area contributed by atoms with Crippen LogP contribution in [0.2, 0.25) is 0 Å². The van der Waals surface area contributed by atoms with Gasteiger partial charge in [-0.25, -0.2) is 4.68 Å². The number of aromatic nitrogens is 2. The Labute approximate surface area is 159 Å². The summed E-state index contributed by atoms with van der Waals surface area (Å²) in [7, 11) is 0. The molecule has 0 radical (unpaired) electrons. The molecule has 0 spiro atoms. The Morgan fingerprint density at radius 2 is 1.89 bits per heavy atom. The molecule has 27 heavy (non-hydrogen) atoms. The first kappa shape index (κ1) is 18.8. The van der Waals surface area contributed by atoms with E-state index in [2.05, 4.69) is 22.5 Å². The molecule has 0 aliphatic rings. The van der Waals surface area contributed by atoms with Gasteiger partial charge in [0.05, 0.1) is 11.7 Å². The van der Waals surface area contributed by atoms with Crippen LogP contribution >= 0.6 is 0 Å². The Morgan fingerprint density at radius 1 is 1.11 bits per heavy atom. The van der Waals surface area contributed by atoms with E-state index in [0.29, 0.717) is 0 Å². The third-order valence-corrected chi connectivity index (χ3v) is 4.64. The minimum absolute atomic E-state index is 0.0707. The number of carbonyl (C=O) groups excluding carboxylic acids is 2. The molecular weight excluding hydrogens is 338 g/mol. The molecule has 140 valence electrons. The van der Waals surface area contributed by atoms with Crippen molar-refractivity contribution in [1.29, 1.82) is 0 Å². The summed E-state index contributed by atoms with van der Waals surface area (Å²) in [6.45, 7) is 3.99. The van der Waals surface area contributed by atoms with Crippen molar-refractivity contribution < 1.29 is 9.59 Å². The number of amides is 1. The standard InChI is InChI=1S/C22H25N3O2/c1-16-8-11-20-19(14-16)15-23-25(20)22(27)13-12-21(26)24-17(2)9-10-18-6-4-3-5-7-18/h3-8,11,14-15,17H,9-10,12-13H2,1-2H3,(H,24,26)/t17-/m1/s1. The highest BCUT2D eigenvalue weighted by Gasteiger charge is 2.14. The van der Waals surface area contributed by atoms with Crippen LogP contribution in [0.15, 0.2) is 54.7 Å². The van der Waals surface area contributed by atoms with Gasteiger partial charge in [0.15, 0.2) is 0 Å². The van der Waals surface area contributed by atoms with Crippen molar-refractivity contribution >= 4 is 22.7 Å². The molecule has 3 aromatic rings. The van der Waals surface area contributed by atoms with Gasteiger partial charge in [-0.2, -0.15) is 5.10 Å². The Hall–Kier alpha value is -2.95. The van der Waals surface area contributed by atoms with Crippen LogP contribution in [0.4, 0.5) is 0 Å². The minimum atomic E-state index is -0.166. The van der Waals surface area contributed by atoms with Gasteiger partial charge in [-0.1, -0.05) is 42.0 Å². The second-order valence-electron chi connectivity index (χ2n) is 7.01. The van der Waals surface area contributed by atoms with Crippen molar-refractivity contribution in [2.75, 3.05) is 0 Å². The fourth-order valence-electron chi connectivity index (χ4n) is 3.12. The Kier molecular flexibility index (Phi) is 6.01. The summed E-state index contributed by atoms with van der Waals surface area (Å²) in [6, 6.07) is 16.1. The predicted molar refractivity (Wildman–Crippen MR) is 107 cm³/mol. The van der Waals surface area contributed by atoms with Crippen LogP contribution in [-0.2, 0) is 11.2 Å². The third-order valence-electron chi connectivity index (χ3n) is 4.64. The fourth-order valence-corrected chi connectivity index (χ4v) is 3.12. The van der Waals surface area contributed by atoms with Gasteiger partial charge in [-0.05, 0) is 44.4 Å². The first-order chi connectivity index (χ1) is 13.0. The maximum Gasteiger partial charge on any atom is 0.247 e. The summed E-state index contributed by atoms with van der Waals surface area (Å²) < 4.78 is 1.39. The third kappa shape index (κ3) is 5.03. The maximum absolute atomic E-state index is 12.4. The summed E-state index contributed by atoms with van der Waals surface area (Å²) in [5.41, 5.74) is 3.16. The van der Waals surface area contributed by atoms with Crippen LogP contribution in [0.1, 0.15) is 42.1 Å². The van der Waals surface area contributed by atoms with E-state index in [1.54, 1.807) is 6.20 Å². The summed E-state index contributed by atoms with van der Waals surface area (Å²) in [6.07, 6.45) is 3.78. The van der Waals surface area contributed by atoms with E-state index in [1.807, 2.05) is 50.2 Å². The van der Waals surface area contributed by atoms with E-state index in [4.69, 9.17) is 0 Å². The SMILES string of the molecule is Cc1ccc2c(cnn2C(=O)CCC(=O)N[C@H](C)CCc2ccccc2)c1. The topological polar surface area (TPSA) is 64.0 Å². The highest BCUT2D eigenvalue weighted by Crippen LogP contribution is 2.16. The van der Waals surface area contributed by atoms with E-state index >= 15 is 0 Å². The molecule has 2 aromatic carbocycles. The largest absolute Gasteiger partial charge is 0.354 e. The van der Waals surface area contributed by atoms with Gasteiger partial charge in [-0.15, -0.1) is 0 Å². The second-order valence-corrected chi connectivity index (χ2v) is 7.01. The van der Waals surface area contributed by atoms with Crippen molar-refractivity contribution in [3.63, 3.8) is 0 Å². The first-order valence-corrected chi connectivity index (χ1v) is 9.34. The normalized spacial score (nSPS) is 12.1. The van der Waals surface area contributed by atoms with Crippen LogP contribution in [-0.4, -0.2) is 27.6 Å². The van der Waals surface area contributed by atoms with E-state index in [1.165, 1.54) is 10.2 Å². The molecule has 1 N–H and O–H groups in total. The van der Waals surface area contributed by atoms with Crippen LogP contribution in [0.25, 0.3) is 10.9 Å². The van der Waals surface area contributed by atoms with Gasteiger partial charge in [0.2, 0.25) is 11.8 Å². The molecule has 0 bridgehead atoms. The number of hydrogen-bond acceptors (Lipinski definition) is 3. The lowest BCUT2D eigenvalue weighted by Gasteiger charge is -2.13. The Morgan fingerprint density at radius 3 is 2.67 bits per heavy atom. The fraction of sp³-hybridized carbons (Fsp3) is 0.318. The lowest BCUT2D eigenvalue weighted by molar-refractivity contribution is -0.121. The van der Waals surface area contributed by atoms with Crippen molar-refractivity contribution in [1.82, 2.24) is 15.1 Å². The smallest absolute Gasteiger partial charge is 0.247 e. The van der Waals surface area contributed by atoms with Crippen molar-refractivity contribution in [3.8, 4) is 0 Å². The van der Waals surface area contributed by atoms with E-state index < -0.39 is 0 Å². The van der Waals surface area contributed by atoms with Crippen molar-refractivity contribution in [3.05, 3.63) is 65.9 Å². The van der Waals surface area contributed by atoms with Gasteiger partial charge in [0.25, 0.3) is 0 Å². The molecule has 1 atom stereocenters. The lowest BCUT2D eigenvalue weighted by atomic mass is 10.1. The summed E-state index contributed by atoms with van der Waals surface area (Å²) in [5.74, 6) is -0.267. The second kappa shape index (κ2) is 8.62. The molecular formula is C22H25N3O2. The molecule has 1 heterocycles. The zero-order valence-corrected chi connectivity index (χ0v) is 15.8. The number of fused-ring (bicyclic) bond motifs is 1. The molecule has 0 aliphatic heterocycles. The van der Waals surface area contributed by atoms with Crippen LogP contribution < -0.4 is 5.32 Å². The van der Waals surface area contributed by atoms with E-state index in [-0.39, 0.29) is 30.7 Å². The number of carbonyl (C=O) groups is 2. The van der Waals surface area contributed by atoms with E-state index in [0.717, 1.165) is 29.3 Å². The molecule has 0 unspecified atom stereocenters. The molecule has 1 aromatic heterocycles. The molecule has 5 nitrogen and oxygen atoms in total. The average Bonchev–Trinajstić information content (AvgIpc) is 3.08. The minimum Gasteiger partial charge on any atom is -0.354 e. The van der Waals surface area contributed by atoms with Crippen molar-refractivity contribution in [2.45, 2.75) is 45.6 Å². The maximum atomic E-state index is 12.4. The Bertz CT molecular complexity index is 931. The number of nitrogens with one attached hydrogen (secondary N) is 1. The summed E-state index contributed by atoms with van der Waals surface area (Å²) in [4.78, 5) is 24.6. The quantitative estimate of drug-likeness (QED) is 0.692. The summed E-state index contributed by atoms with van der Waals surface area (Å²) in [5, 5.41) is 8.08. The molecule has 0 fully saturated rings. The molecule has 0 saturated heterocycles. The van der Waals surface area contributed by atoms with Crippen LogP contribution in [0, 0.1) is 6.92 Å². The Balaban J connectivity index is 1.47. The average molecular weight is 363 g/mol. The first-order valence-electron chi connectivity index (χ1n) is 9.34. The zero-order chi connectivity index (χ0) is 19.2. The van der Waals surface area contributed by atoms with E-state index in [9.17, 15) is 9.59 Å². The molecule has 3 rings (SSSR count). The van der Waals surface area contributed by atoms with Crippen LogP contribution in [0.3, 0.4) is 0 Å². The van der Waals surface area contributed by atoms with Gasteiger partial charge in [-0.3, -0.25) is 9.59 Å². The van der Waals surface area contributed by atoms with Crippen molar-refractivity contribution in [2.24, 2.45) is 0 Å². The summed E-state index contributed by atoms with van der Waals surface area (Å²) >= 11 is 0. The monoisotopic (exact) mass is 363 g/mol. The predicted octanol–water partition coefficient (Wildman–Crippen LogP) is 3.90. The number of aryl methyl sites for hydroxylation is 2. The number of hydrogen-bond donors (Lipinski definition) is 1. The van der Waals surface area contributed by atoms with Gasteiger partial charge < -0.3 is 5.32 Å². The van der Waals surface area contributed by atoms with Gasteiger partial charge in [0.1, 0.15) is 0 Å². The van der Waals surface area contributed by atoms with Gasteiger partial charge >= 0.3 is 0 Å². The van der Waals surface area contributed by atoms with Gasteiger partial charge in [0, 0.05) is 24.3 Å². The number of benzene rings is 2. The highest BCUT2D eigenvalue weighted by molar-refractivity contribution is 5.92. The highest BCUT2D eigenvalue weighted by atomic mass is 16.2. The zero-order valence-electron chi connectivity index (χ0n) is 15.8. The number of nitrogens with zero attached hydrogens (tertiary/aromatic N) is 2. The number of rotatable bonds is 7. The van der Waals surface area contributed by atoms with Crippen LogP contribution in [0.5, 0.6) is 0 Å². The molecule has 1 amide bonds.